The van der Waals surface area contributed by atoms with E-state index in [2.05, 4.69) is 0 Å². The van der Waals surface area contributed by atoms with Crippen LogP contribution in [0.25, 0.3) is 28.2 Å². The Hall–Kier alpha value is -3.04. The van der Waals surface area contributed by atoms with E-state index in [1.165, 1.54) is 12.1 Å². The van der Waals surface area contributed by atoms with E-state index in [1.54, 1.807) is 41.4 Å². The van der Waals surface area contributed by atoms with Gasteiger partial charge in [0.2, 0.25) is 10.0 Å². The van der Waals surface area contributed by atoms with Gasteiger partial charge < -0.3 is 4.74 Å². The fourth-order valence-electron chi connectivity index (χ4n) is 3.37. The molecule has 0 radical (unpaired) electrons. The van der Waals surface area contributed by atoms with E-state index >= 15 is 0 Å². The molecule has 32 heavy (non-hydrogen) atoms. The summed E-state index contributed by atoms with van der Waals surface area (Å²) < 4.78 is 30.4. The largest absolute Gasteiger partial charge is 0.497 e. The minimum absolute atomic E-state index is 0.0181. The molecular weight excluding hydrogens is 466 g/mol. The lowest BCUT2D eigenvalue weighted by Gasteiger charge is -2.09. The minimum Gasteiger partial charge on any atom is -0.497 e. The molecule has 1 aromatic heterocycles. The van der Waals surface area contributed by atoms with E-state index in [-0.39, 0.29) is 4.90 Å². The number of sulfonamides is 1. The SMILES string of the molecule is COc1cccc(-c2nn(-c3ccc(S(N)(=O)=O)cc3)c(-c3ccc(Cl)cc3)c2C=S)c1. The highest BCUT2D eigenvalue weighted by molar-refractivity contribution is 7.89. The lowest BCUT2D eigenvalue weighted by molar-refractivity contribution is 0.415. The summed E-state index contributed by atoms with van der Waals surface area (Å²) in [7, 11) is -2.21. The molecule has 0 aliphatic heterocycles. The molecule has 0 atom stereocenters. The molecule has 0 amide bonds. The third kappa shape index (κ3) is 4.31. The van der Waals surface area contributed by atoms with Gasteiger partial charge in [0.15, 0.2) is 0 Å². The molecule has 1 heterocycles. The van der Waals surface area contributed by atoms with Crippen molar-refractivity contribution in [1.29, 1.82) is 0 Å². The lowest BCUT2D eigenvalue weighted by atomic mass is 10.0. The van der Waals surface area contributed by atoms with Crippen LogP contribution in [0, 0.1) is 0 Å². The molecule has 0 aliphatic carbocycles. The summed E-state index contributed by atoms with van der Waals surface area (Å²) in [5.74, 6) is 0.693. The molecule has 4 rings (SSSR count). The topological polar surface area (TPSA) is 87.2 Å². The van der Waals surface area contributed by atoms with Gasteiger partial charge in [0.25, 0.3) is 0 Å². The predicted molar refractivity (Wildman–Crippen MR) is 130 cm³/mol. The molecule has 0 fully saturated rings. The van der Waals surface area contributed by atoms with Gasteiger partial charge in [-0.25, -0.2) is 18.2 Å². The summed E-state index contributed by atoms with van der Waals surface area (Å²) in [5.41, 5.74) is 4.48. The van der Waals surface area contributed by atoms with Gasteiger partial charge in [-0.2, -0.15) is 5.10 Å². The maximum Gasteiger partial charge on any atom is 0.238 e. The van der Waals surface area contributed by atoms with Crippen molar-refractivity contribution in [3.63, 3.8) is 0 Å². The van der Waals surface area contributed by atoms with Crippen LogP contribution in [-0.4, -0.2) is 30.7 Å². The van der Waals surface area contributed by atoms with Crippen molar-refractivity contribution in [1.82, 2.24) is 9.78 Å². The Morgan fingerprint density at radius 3 is 2.31 bits per heavy atom. The van der Waals surface area contributed by atoms with Crippen LogP contribution < -0.4 is 9.88 Å². The average Bonchev–Trinajstić information content (AvgIpc) is 3.19. The Labute approximate surface area is 196 Å². The number of primary sulfonamides is 1. The number of aromatic nitrogens is 2. The molecule has 0 spiro atoms. The third-order valence-corrected chi connectivity index (χ3v) is 6.33. The van der Waals surface area contributed by atoms with Crippen LogP contribution >= 0.6 is 23.8 Å². The molecule has 6 nitrogen and oxygen atoms in total. The van der Waals surface area contributed by atoms with E-state index in [0.29, 0.717) is 22.2 Å². The molecule has 0 bridgehead atoms. The Bertz CT molecular complexity index is 1400. The Morgan fingerprint density at radius 1 is 1.03 bits per heavy atom. The fourth-order valence-corrected chi connectivity index (χ4v) is 4.24. The van der Waals surface area contributed by atoms with E-state index in [9.17, 15) is 8.42 Å². The average molecular weight is 484 g/mol. The number of benzene rings is 3. The van der Waals surface area contributed by atoms with Crippen molar-refractivity contribution in [3.05, 3.63) is 83.4 Å². The van der Waals surface area contributed by atoms with Crippen LogP contribution in [0.1, 0.15) is 5.56 Å². The zero-order chi connectivity index (χ0) is 22.9. The number of hydrogen-bond acceptors (Lipinski definition) is 5. The van der Waals surface area contributed by atoms with E-state index in [0.717, 1.165) is 22.4 Å². The second-order valence-electron chi connectivity index (χ2n) is 6.92. The summed E-state index contributed by atoms with van der Waals surface area (Å²) >= 11 is 11.5. The first-order valence-corrected chi connectivity index (χ1v) is 11.8. The number of hydrogen-bond donors (Lipinski definition) is 1. The quantitative estimate of drug-likeness (QED) is 0.395. The van der Waals surface area contributed by atoms with Crippen LogP contribution in [-0.2, 0) is 10.0 Å². The number of thiocarbonyl (C=S) groups is 1. The molecule has 4 aromatic rings. The first kappa shape index (κ1) is 22.2. The highest BCUT2D eigenvalue weighted by Gasteiger charge is 2.21. The van der Waals surface area contributed by atoms with E-state index < -0.39 is 10.0 Å². The Balaban J connectivity index is 1.98. The first-order chi connectivity index (χ1) is 15.3. The van der Waals surface area contributed by atoms with Gasteiger partial charge in [0.05, 0.1) is 23.4 Å². The summed E-state index contributed by atoms with van der Waals surface area (Å²) in [5, 5.41) is 12.3. The van der Waals surface area contributed by atoms with Crippen molar-refractivity contribution in [2.45, 2.75) is 4.90 Å². The maximum atomic E-state index is 11.7. The van der Waals surface area contributed by atoms with Gasteiger partial charge in [-0.15, -0.1) is 0 Å². The smallest absolute Gasteiger partial charge is 0.238 e. The van der Waals surface area contributed by atoms with Crippen molar-refractivity contribution in [2.75, 3.05) is 7.11 Å². The molecule has 3 aromatic carbocycles. The van der Waals surface area contributed by atoms with Gasteiger partial charge in [0, 0.05) is 27.1 Å². The molecule has 0 saturated heterocycles. The highest BCUT2D eigenvalue weighted by Crippen LogP contribution is 2.35. The van der Waals surface area contributed by atoms with Crippen molar-refractivity contribution >= 4 is 39.2 Å². The summed E-state index contributed by atoms with van der Waals surface area (Å²) in [6.07, 6.45) is 0. The molecule has 0 unspecified atom stereocenters. The molecule has 0 saturated carbocycles. The van der Waals surface area contributed by atoms with Crippen LogP contribution in [0.3, 0.4) is 0 Å². The third-order valence-electron chi connectivity index (χ3n) is 4.91. The second kappa shape index (κ2) is 8.84. The van der Waals surface area contributed by atoms with Crippen molar-refractivity contribution in [3.8, 4) is 34.0 Å². The number of rotatable bonds is 6. The normalized spacial score (nSPS) is 11.3. The Kier molecular flexibility index (Phi) is 6.12. The highest BCUT2D eigenvalue weighted by atomic mass is 35.5. The first-order valence-electron chi connectivity index (χ1n) is 9.43. The number of nitrogens with zero attached hydrogens (tertiary/aromatic N) is 2. The number of halogens is 1. The van der Waals surface area contributed by atoms with Gasteiger partial charge in [-0.05, 0) is 48.5 Å². The Morgan fingerprint density at radius 2 is 1.72 bits per heavy atom. The number of methoxy groups -OCH3 is 1. The zero-order valence-electron chi connectivity index (χ0n) is 16.9. The van der Waals surface area contributed by atoms with Gasteiger partial charge >= 0.3 is 0 Å². The summed E-state index contributed by atoms with van der Waals surface area (Å²) in [6, 6.07) is 21.1. The van der Waals surface area contributed by atoms with Crippen molar-refractivity contribution in [2.24, 2.45) is 5.14 Å². The second-order valence-corrected chi connectivity index (χ2v) is 9.15. The fraction of sp³-hybridized carbons (Fsp3) is 0.0435. The van der Waals surface area contributed by atoms with Crippen LogP contribution in [0.15, 0.2) is 77.7 Å². The van der Waals surface area contributed by atoms with Gasteiger partial charge in [0.1, 0.15) is 11.4 Å². The van der Waals surface area contributed by atoms with Crippen LogP contribution in [0.4, 0.5) is 0 Å². The minimum atomic E-state index is -3.81. The summed E-state index contributed by atoms with van der Waals surface area (Å²) in [6.45, 7) is 0. The monoisotopic (exact) mass is 483 g/mol. The van der Waals surface area contributed by atoms with Gasteiger partial charge in [-0.3, -0.25) is 0 Å². The number of nitrogens with two attached hydrogens (primary N) is 1. The molecule has 9 heteroatoms. The predicted octanol–water partition coefficient (Wildman–Crippen LogP) is 4.86. The van der Waals surface area contributed by atoms with Crippen molar-refractivity contribution < 1.29 is 13.2 Å². The van der Waals surface area contributed by atoms with Gasteiger partial charge in [-0.1, -0.05) is 48.1 Å². The standard InChI is InChI=1S/C23H18ClN3O3S2/c1-30-19-4-2-3-16(13-19)22-21(14-31)23(15-5-7-17(24)8-6-15)27(26-22)18-9-11-20(12-10-18)32(25,28)29/h2-14H,1H3,(H2,25,28,29). The molecule has 2 N–H and O–H groups in total. The number of ether oxygens (including phenoxy) is 1. The summed E-state index contributed by atoms with van der Waals surface area (Å²) in [4.78, 5) is 0.0181. The van der Waals surface area contributed by atoms with Crippen LogP contribution in [0.2, 0.25) is 5.02 Å². The van der Waals surface area contributed by atoms with E-state index in [1.807, 2.05) is 36.4 Å². The zero-order valence-corrected chi connectivity index (χ0v) is 19.3. The van der Waals surface area contributed by atoms with E-state index in [4.69, 9.17) is 38.8 Å². The lowest BCUT2D eigenvalue weighted by Crippen LogP contribution is -2.12. The maximum absolute atomic E-state index is 11.7. The van der Waals surface area contributed by atoms with Crippen LogP contribution in [0.5, 0.6) is 5.75 Å². The molecule has 0 aliphatic rings. The molecule has 162 valence electrons. The molecular formula is C23H18ClN3O3S2.